The van der Waals surface area contributed by atoms with Crippen LogP contribution in [0, 0.1) is 20.8 Å². The van der Waals surface area contributed by atoms with Crippen LogP contribution in [0.3, 0.4) is 0 Å². The maximum atomic E-state index is 10.8. The smallest absolute Gasteiger partial charge is 0.293 e. The van der Waals surface area contributed by atoms with Crippen molar-refractivity contribution in [2.45, 2.75) is 45.6 Å². The van der Waals surface area contributed by atoms with E-state index < -0.39 is 5.60 Å². The fourth-order valence-electron chi connectivity index (χ4n) is 3.68. The van der Waals surface area contributed by atoms with Gasteiger partial charge in [-0.3, -0.25) is 4.79 Å². The van der Waals surface area contributed by atoms with Gasteiger partial charge >= 0.3 is 0 Å². The lowest BCUT2D eigenvalue weighted by Crippen LogP contribution is -2.36. The first-order chi connectivity index (χ1) is 13.5. The zero-order valence-corrected chi connectivity index (χ0v) is 16.2. The molecule has 1 aliphatic rings. The molecule has 0 bridgehead atoms. The number of nitrogens with one attached hydrogen (secondary N) is 1. The average Bonchev–Trinajstić information content (AvgIpc) is 2.97. The minimum Gasteiger partial charge on any atom is -0.456 e. The largest absolute Gasteiger partial charge is 0.456 e. The summed E-state index contributed by atoms with van der Waals surface area (Å²) in [6.45, 7) is 6.17. The van der Waals surface area contributed by atoms with Crippen LogP contribution in [-0.4, -0.2) is 21.6 Å². The highest BCUT2D eigenvalue weighted by molar-refractivity contribution is 5.68. The minimum absolute atomic E-state index is 0.456. The van der Waals surface area contributed by atoms with E-state index >= 15 is 0 Å². The van der Waals surface area contributed by atoms with Crippen LogP contribution in [0.25, 0.3) is 11.3 Å². The molecule has 0 spiro atoms. The predicted molar refractivity (Wildman–Crippen MR) is 104 cm³/mol. The molecular weight excluding hydrogens is 356 g/mol. The normalized spacial score (nSPS) is 15.0. The Bertz CT molecular complexity index is 987. The lowest BCUT2D eigenvalue weighted by molar-refractivity contribution is -0.155. The molecule has 3 aromatic rings. The highest BCUT2D eigenvalue weighted by Crippen LogP contribution is 2.44. The molecule has 0 atom stereocenters. The third-order valence-corrected chi connectivity index (χ3v) is 5.25. The first kappa shape index (κ1) is 18.2. The summed E-state index contributed by atoms with van der Waals surface area (Å²) in [6, 6.07) is 9.81. The van der Waals surface area contributed by atoms with E-state index in [0.717, 1.165) is 53.2 Å². The van der Waals surface area contributed by atoms with Crippen LogP contribution in [0.4, 0.5) is 11.5 Å². The van der Waals surface area contributed by atoms with E-state index in [4.69, 9.17) is 9.26 Å². The van der Waals surface area contributed by atoms with Crippen molar-refractivity contribution >= 4 is 18.0 Å². The summed E-state index contributed by atoms with van der Waals surface area (Å²) in [6.07, 6.45) is 2.80. The van der Waals surface area contributed by atoms with Gasteiger partial charge in [0.2, 0.25) is 0 Å². The zero-order valence-electron chi connectivity index (χ0n) is 16.2. The number of benzene rings is 1. The molecule has 4 rings (SSSR count). The Morgan fingerprint density at radius 3 is 2.46 bits per heavy atom. The highest BCUT2D eigenvalue weighted by Gasteiger charge is 2.40. The van der Waals surface area contributed by atoms with Gasteiger partial charge in [0.1, 0.15) is 23.0 Å². The Morgan fingerprint density at radius 1 is 1.14 bits per heavy atom. The van der Waals surface area contributed by atoms with Crippen molar-refractivity contribution in [1.29, 1.82) is 0 Å². The van der Waals surface area contributed by atoms with Crippen LogP contribution < -0.4 is 5.32 Å². The molecule has 0 unspecified atom stereocenters. The molecule has 1 aliphatic carbocycles. The quantitative estimate of drug-likeness (QED) is 0.638. The number of rotatable bonds is 6. The molecular formula is C21H22N4O3. The summed E-state index contributed by atoms with van der Waals surface area (Å²) < 4.78 is 10.6. The number of ether oxygens (including phenoxy) is 1. The summed E-state index contributed by atoms with van der Waals surface area (Å²) >= 11 is 0. The van der Waals surface area contributed by atoms with E-state index in [1.165, 1.54) is 0 Å². The topological polar surface area (TPSA) is 90.1 Å². The molecule has 1 N–H and O–H groups in total. The van der Waals surface area contributed by atoms with Crippen molar-refractivity contribution in [3.63, 3.8) is 0 Å². The van der Waals surface area contributed by atoms with Crippen molar-refractivity contribution in [2.24, 2.45) is 0 Å². The molecule has 7 heteroatoms. The number of aromatic nitrogens is 3. The zero-order chi connectivity index (χ0) is 19.7. The first-order valence-corrected chi connectivity index (χ1v) is 9.29. The Balaban J connectivity index is 1.59. The number of carbonyl (C=O) groups is 1. The van der Waals surface area contributed by atoms with Crippen LogP contribution >= 0.6 is 0 Å². The summed E-state index contributed by atoms with van der Waals surface area (Å²) in [4.78, 5) is 19.9. The maximum absolute atomic E-state index is 10.8. The molecule has 1 saturated carbocycles. The fraction of sp³-hybridized carbons (Fsp3) is 0.333. The van der Waals surface area contributed by atoms with E-state index in [0.29, 0.717) is 18.1 Å². The van der Waals surface area contributed by atoms with Crippen molar-refractivity contribution in [3.8, 4) is 11.3 Å². The Labute approximate surface area is 163 Å². The summed E-state index contributed by atoms with van der Waals surface area (Å²) in [5.74, 6) is 2.08. The van der Waals surface area contributed by atoms with Gasteiger partial charge in [0.25, 0.3) is 6.47 Å². The molecule has 28 heavy (non-hydrogen) atoms. The van der Waals surface area contributed by atoms with Gasteiger partial charge in [-0.25, -0.2) is 9.97 Å². The lowest BCUT2D eigenvalue weighted by Gasteiger charge is -2.40. The number of nitrogens with zero attached hydrogens (tertiary/aromatic N) is 3. The number of carbonyl (C=O) groups excluding carboxylic acids is 1. The van der Waals surface area contributed by atoms with Gasteiger partial charge in [-0.1, -0.05) is 17.3 Å². The Hall–Kier alpha value is -3.22. The third-order valence-electron chi connectivity index (χ3n) is 5.25. The molecule has 2 aromatic heterocycles. The standard InChI is InChI=1S/C21H22N4O3/c1-13-20(14(2)28-25-13)18-11-19(23-15(3)22-18)24-17-7-5-16(6-8-17)21(27-12-26)9-4-10-21/h5-8,11-12H,4,9-10H2,1-3H3,(H,22,23,24). The fourth-order valence-corrected chi connectivity index (χ4v) is 3.68. The molecule has 1 fully saturated rings. The summed E-state index contributed by atoms with van der Waals surface area (Å²) in [5, 5.41) is 7.32. The molecule has 0 radical (unpaired) electrons. The maximum Gasteiger partial charge on any atom is 0.293 e. The van der Waals surface area contributed by atoms with E-state index in [9.17, 15) is 4.79 Å². The van der Waals surface area contributed by atoms with E-state index in [1.54, 1.807) is 0 Å². The molecule has 0 amide bonds. The first-order valence-electron chi connectivity index (χ1n) is 9.29. The molecule has 2 heterocycles. The Morgan fingerprint density at radius 2 is 1.89 bits per heavy atom. The monoisotopic (exact) mass is 378 g/mol. The van der Waals surface area contributed by atoms with Crippen LogP contribution in [0.1, 0.15) is 42.1 Å². The number of hydrogen-bond donors (Lipinski definition) is 1. The molecule has 144 valence electrons. The van der Waals surface area contributed by atoms with Gasteiger partial charge in [0.15, 0.2) is 0 Å². The second-order valence-electron chi connectivity index (χ2n) is 7.15. The van der Waals surface area contributed by atoms with Gasteiger partial charge in [0.05, 0.1) is 17.0 Å². The molecule has 1 aromatic carbocycles. The number of anilines is 2. The minimum atomic E-state index is -0.456. The molecule has 7 nitrogen and oxygen atoms in total. The second kappa shape index (κ2) is 7.07. The van der Waals surface area contributed by atoms with Crippen molar-refractivity contribution < 1.29 is 14.1 Å². The number of hydrogen-bond acceptors (Lipinski definition) is 7. The van der Waals surface area contributed by atoms with Gasteiger partial charge in [-0.15, -0.1) is 0 Å². The van der Waals surface area contributed by atoms with Gasteiger partial charge in [0, 0.05) is 11.8 Å². The van der Waals surface area contributed by atoms with Gasteiger partial charge in [-0.2, -0.15) is 0 Å². The van der Waals surface area contributed by atoms with Crippen LogP contribution in [0.5, 0.6) is 0 Å². The predicted octanol–water partition coefficient (Wildman–Crippen LogP) is 4.35. The van der Waals surface area contributed by atoms with Gasteiger partial charge < -0.3 is 14.6 Å². The number of aryl methyl sites for hydroxylation is 3. The van der Waals surface area contributed by atoms with Crippen molar-refractivity contribution in [2.75, 3.05) is 5.32 Å². The van der Waals surface area contributed by atoms with E-state index in [-0.39, 0.29) is 0 Å². The summed E-state index contributed by atoms with van der Waals surface area (Å²) in [5.41, 5.74) is 3.92. The van der Waals surface area contributed by atoms with Crippen LogP contribution in [0.15, 0.2) is 34.9 Å². The van der Waals surface area contributed by atoms with Crippen molar-refractivity contribution in [1.82, 2.24) is 15.1 Å². The Kier molecular flexibility index (Phi) is 4.58. The lowest BCUT2D eigenvalue weighted by atomic mass is 9.75. The summed E-state index contributed by atoms with van der Waals surface area (Å²) in [7, 11) is 0. The van der Waals surface area contributed by atoms with E-state index in [1.807, 2.05) is 51.1 Å². The van der Waals surface area contributed by atoms with Crippen molar-refractivity contribution in [3.05, 3.63) is 53.2 Å². The SMILES string of the molecule is Cc1nc(Nc2ccc(C3(OC=O)CCC3)cc2)cc(-c2c(C)noc2C)n1. The molecule has 0 aliphatic heterocycles. The van der Waals surface area contributed by atoms with Gasteiger partial charge in [-0.05, 0) is 57.7 Å². The highest BCUT2D eigenvalue weighted by atomic mass is 16.5. The van der Waals surface area contributed by atoms with Crippen LogP contribution in [0.2, 0.25) is 0 Å². The molecule has 0 saturated heterocycles. The average molecular weight is 378 g/mol. The third kappa shape index (κ3) is 3.24. The van der Waals surface area contributed by atoms with Crippen LogP contribution in [-0.2, 0) is 15.1 Å². The second-order valence-corrected chi connectivity index (χ2v) is 7.15. The van der Waals surface area contributed by atoms with E-state index in [2.05, 4.69) is 20.4 Å².